The maximum absolute atomic E-state index is 5.82. The van der Waals surface area contributed by atoms with E-state index in [2.05, 4.69) is 26.5 Å². The second-order valence-corrected chi connectivity index (χ2v) is 5.21. The molecule has 0 aliphatic heterocycles. The van der Waals surface area contributed by atoms with Crippen molar-refractivity contribution in [3.63, 3.8) is 0 Å². The predicted octanol–water partition coefficient (Wildman–Crippen LogP) is 3.77. The Labute approximate surface area is 85.7 Å². The summed E-state index contributed by atoms with van der Waals surface area (Å²) < 4.78 is 0. The van der Waals surface area contributed by atoms with Crippen molar-refractivity contribution in [2.75, 3.05) is 5.88 Å². The molecular weight excluding hydrogens is 180 g/mol. The van der Waals surface area contributed by atoms with Gasteiger partial charge in [-0.1, -0.05) is 26.5 Å². The van der Waals surface area contributed by atoms with Gasteiger partial charge in [0.15, 0.2) is 0 Å². The number of alkyl halides is 1. The summed E-state index contributed by atoms with van der Waals surface area (Å²) in [4.78, 5) is 0. The fraction of sp³-hybridized carbons (Fsp3) is 0.667. The molecule has 0 amide bonds. The normalized spacial score (nSPS) is 34.8. The third kappa shape index (κ3) is 1.19. The SMILES string of the molecule is C=C(CCl)C1=CCC2CC1C2(C)C. The van der Waals surface area contributed by atoms with Crippen LogP contribution >= 0.6 is 11.6 Å². The lowest BCUT2D eigenvalue weighted by atomic mass is 9.48. The van der Waals surface area contributed by atoms with Crippen molar-refractivity contribution in [3.8, 4) is 0 Å². The van der Waals surface area contributed by atoms with Crippen molar-refractivity contribution in [1.29, 1.82) is 0 Å². The molecule has 13 heavy (non-hydrogen) atoms. The zero-order valence-corrected chi connectivity index (χ0v) is 9.19. The van der Waals surface area contributed by atoms with Crippen LogP contribution in [-0.4, -0.2) is 5.88 Å². The molecule has 0 heterocycles. The van der Waals surface area contributed by atoms with Gasteiger partial charge in [0.05, 0.1) is 0 Å². The van der Waals surface area contributed by atoms with E-state index in [4.69, 9.17) is 11.6 Å². The maximum atomic E-state index is 5.82. The molecule has 0 nitrogen and oxygen atoms in total. The van der Waals surface area contributed by atoms with Crippen LogP contribution in [0.15, 0.2) is 23.8 Å². The van der Waals surface area contributed by atoms with Crippen LogP contribution in [0, 0.1) is 17.3 Å². The summed E-state index contributed by atoms with van der Waals surface area (Å²) in [5.74, 6) is 2.23. The third-order valence-electron chi connectivity index (χ3n) is 4.04. The summed E-state index contributed by atoms with van der Waals surface area (Å²) in [5, 5.41) is 0. The quantitative estimate of drug-likeness (QED) is 0.590. The zero-order valence-electron chi connectivity index (χ0n) is 8.44. The summed E-state index contributed by atoms with van der Waals surface area (Å²) in [6, 6.07) is 0. The molecule has 2 unspecified atom stereocenters. The number of hydrogen-bond donors (Lipinski definition) is 0. The van der Waals surface area contributed by atoms with Gasteiger partial charge in [-0.15, -0.1) is 11.6 Å². The van der Waals surface area contributed by atoms with Crippen LogP contribution in [-0.2, 0) is 0 Å². The second kappa shape index (κ2) is 2.88. The van der Waals surface area contributed by atoms with Gasteiger partial charge in [0.1, 0.15) is 0 Å². The standard InChI is InChI=1S/C12H17Cl/c1-8(7-13)10-5-4-9-6-11(10)12(9,2)3/h5,9,11H,1,4,6-7H2,2-3H3. The van der Waals surface area contributed by atoms with Crippen molar-refractivity contribution in [2.24, 2.45) is 17.3 Å². The molecule has 0 aromatic heterocycles. The molecule has 0 saturated heterocycles. The van der Waals surface area contributed by atoms with Crippen LogP contribution in [0.5, 0.6) is 0 Å². The molecule has 0 spiro atoms. The van der Waals surface area contributed by atoms with Gasteiger partial charge in [-0.3, -0.25) is 0 Å². The number of fused-ring (bicyclic) bond motifs is 1. The Kier molecular flexibility index (Phi) is 2.07. The second-order valence-electron chi connectivity index (χ2n) is 4.94. The highest BCUT2D eigenvalue weighted by Gasteiger charge is 2.51. The summed E-state index contributed by atoms with van der Waals surface area (Å²) >= 11 is 5.82. The summed E-state index contributed by atoms with van der Waals surface area (Å²) in [7, 11) is 0. The smallest absolute Gasteiger partial charge is 0.0470 e. The van der Waals surface area contributed by atoms with Crippen molar-refractivity contribution < 1.29 is 0 Å². The van der Waals surface area contributed by atoms with Crippen LogP contribution in [0.25, 0.3) is 0 Å². The van der Waals surface area contributed by atoms with Crippen molar-refractivity contribution in [3.05, 3.63) is 23.8 Å². The Bertz CT molecular complexity index is 273. The lowest BCUT2D eigenvalue weighted by molar-refractivity contribution is -0.00419. The van der Waals surface area contributed by atoms with Gasteiger partial charge in [-0.2, -0.15) is 0 Å². The Morgan fingerprint density at radius 2 is 2.38 bits per heavy atom. The van der Waals surface area contributed by atoms with Gasteiger partial charge in [-0.25, -0.2) is 0 Å². The molecule has 1 saturated carbocycles. The van der Waals surface area contributed by atoms with E-state index in [1.807, 2.05) is 0 Å². The van der Waals surface area contributed by atoms with E-state index in [1.54, 1.807) is 0 Å². The van der Waals surface area contributed by atoms with Crippen molar-refractivity contribution in [2.45, 2.75) is 26.7 Å². The van der Waals surface area contributed by atoms with Gasteiger partial charge >= 0.3 is 0 Å². The molecule has 1 fully saturated rings. The van der Waals surface area contributed by atoms with Crippen LogP contribution < -0.4 is 0 Å². The Morgan fingerprint density at radius 1 is 1.69 bits per heavy atom. The summed E-state index contributed by atoms with van der Waals surface area (Å²) in [5.41, 5.74) is 3.08. The molecule has 0 radical (unpaired) electrons. The van der Waals surface area contributed by atoms with E-state index in [-0.39, 0.29) is 0 Å². The number of rotatable bonds is 2. The molecule has 2 atom stereocenters. The number of halogens is 1. The van der Waals surface area contributed by atoms with Gasteiger partial charge in [0.2, 0.25) is 0 Å². The highest BCUT2D eigenvalue weighted by atomic mass is 35.5. The van der Waals surface area contributed by atoms with E-state index >= 15 is 0 Å². The first-order chi connectivity index (χ1) is 6.07. The predicted molar refractivity (Wildman–Crippen MR) is 57.9 cm³/mol. The number of hydrogen-bond acceptors (Lipinski definition) is 0. The summed E-state index contributed by atoms with van der Waals surface area (Å²) in [6.07, 6.45) is 4.94. The fourth-order valence-electron chi connectivity index (χ4n) is 2.82. The van der Waals surface area contributed by atoms with Crippen LogP contribution in [0.1, 0.15) is 26.7 Å². The Hall–Kier alpha value is -0.230. The first kappa shape index (κ1) is 9.33. The highest BCUT2D eigenvalue weighted by Crippen LogP contribution is 2.60. The van der Waals surface area contributed by atoms with Crippen LogP contribution in [0.2, 0.25) is 0 Å². The highest BCUT2D eigenvalue weighted by molar-refractivity contribution is 6.19. The molecule has 1 heteroatoms. The van der Waals surface area contributed by atoms with E-state index in [9.17, 15) is 0 Å². The van der Waals surface area contributed by atoms with Crippen molar-refractivity contribution >= 4 is 11.6 Å². The lowest BCUT2D eigenvalue weighted by Gasteiger charge is -2.56. The topological polar surface area (TPSA) is 0 Å². The summed E-state index contributed by atoms with van der Waals surface area (Å²) in [6.45, 7) is 8.79. The number of allylic oxidation sites excluding steroid dienone is 3. The van der Waals surface area contributed by atoms with Gasteiger partial charge in [0, 0.05) is 5.88 Å². The fourth-order valence-corrected chi connectivity index (χ4v) is 2.98. The average Bonchev–Trinajstić information content (AvgIpc) is 2.16. The lowest BCUT2D eigenvalue weighted by Crippen LogP contribution is -2.48. The van der Waals surface area contributed by atoms with Gasteiger partial charge in [0.25, 0.3) is 0 Å². The average molecular weight is 197 g/mol. The monoisotopic (exact) mass is 196 g/mol. The van der Waals surface area contributed by atoms with E-state index in [1.165, 1.54) is 18.4 Å². The molecule has 72 valence electrons. The minimum Gasteiger partial charge on any atom is -0.122 e. The molecule has 0 N–H and O–H groups in total. The molecule has 3 aliphatic carbocycles. The molecule has 3 aliphatic rings. The molecular formula is C12H17Cl. The Morgan fingerprint density at radius 3 is 2.85 bits per heavy atom. The molecule has 2 bridgehead atoms. The third-order valence-corrected chi connectivity index (χ3v) is 4.36. The first-order valence-electron chi connectivity index (χ1n) is 5.01. The Balaban J connectivity index is 2.23. The van der Waals surface area contributed by atoms with E-state index < -0.39 is 0 Å². The molecule has 0 aromatic carbocycles. The largest absolute Gasteiger partial charge is 0.122 e. The first-order valence-corrected chi connectivity index (χ1v) is 5.55. The van der Waals surface area contributed by atoms with Crippen LogP contribution in [0.3, 0.4) is 0 Å². The zero-order chi connectivity index (χ0) is 9.64. The van der Waals surface area contributed by atoms with E-state index in [0.717, 1.165) is 17.4 Å². The molecule has 3 rings (SSSR count). The van der Waals surface area contributed by atoms with E-state index in [0.29, 0.717) is 11.3 Å². The van der Waals surface area contributed by atoms with Crippen LogP contribution in [0.4, 0.5) is 0 Å². The van der Waals surface area contributed by atoms with Crippen molar-refractivity contribution in [1.82, 2.24) is 0 Å². The van der Waals surface area contributed by atoms with Gasteiger partial charge in [-0.05, 0) is 41.2 Å². The minimum atomic E-state index is 0.499. The maximum Gasteiger partial charge on any atom is 0.0470 e. The minimum absolute atomic E-state index is 0.499. The molecule has 0 aromatic rings. The van der Waals surface area contributed by atoms with Gasteiger partial charge < -0.3 is 0 Å².